The molecule has 0 rings (SSSR count). The van der Waals surface area contributed by atoms with Crippen LogP contribution in [0.1, 0.15) is 201 Å². The van der Waals surface area contributed by atoms with Gasteiger partial charge in [-0.05, 0) is 71.9 Å². The Labute approximate surface area is 269 Å². The first-order valence-corrected chi connectivity index (χ1v) is 19.0. The van der Waals surface area contributed by atoms with Crippen LogP contribution in [0, 0.1) is 0 Å². The van der Waals surface area contributed by atoms with Gasteiger partial charge in [0.2, 0.25) is 0 Å². The van der Waals surface area contributed by atoms with Crippen LogP contribution < -0.4 is 0 Å². The van der Waals surface area contributed by atoms with Crippen molar-refractivity contribution in [3.8, 4) is 0 Å². The fraction of sp³-hybridized carbons (Fsp3) is 0.947. The average Bonchev–Trinajstić information content (AvgIpc) is 2.98. The van der Waals surface area contributed by atoms with Gasteiger partial charge in [-0.2, -0.15) is 0 Å². The van der Waals surface area contributed by atoms with E-state index in [9.17, 15) is 9.59 Å². The van der Waals surface area contributed by atoms with E-state index in [0.717, 1.165) is 70.8 Å². The fourth-order valence-corrected chi connectivity index (χ4v) is 5.78. The molecule has 0 spiro atoms. The zero-order chi connectivity index (χ0) is 31.8. The van der Waals surface area contributed by atoms with Crippen molar-refractivity contribution >= 4 is 11.9 Å². The van der Waals surface area contributed by atoms with E-state index in [0.29, 0.717) is 12.8 Å². The molecule has 5 heteroatoms. The van der Waals surface area contributed by atoms with E-state index in [2.05, 4.69) is 20.8 Å². The summed E-state index contributed by atoms with van der Waals surface area (Å²) >= 11 is 0. The first-order valence-electron chi connectivity index (χ1n) is 19.0. The molecule has 0 fully saturated rings. The number of nitrogens with zero attached hydrogens (tertiary/aromatic N) is 1. The summed E-state index contributed by atoms with van der Waals surface area (Å²) in [4.78, 5) is 27.0. The largest absolute Gasteiger partial charge is 0.462 e. The maximum atomic E-state index is 12.7. The molecule has 0 aromatic rings. The van der Waals surface area contributed by atoms with Crippen molar-refractivity contribution in [1.82, 2.24) is 4.90 Å². The highest BCUT2D eigenvalue weighted by Gasteiger charge is 2.16. The first-order chi connectivity index (χ1) is 20.9. The lowest BCUT2D eigenvalue weighted by Crippen LogP contribution is -2.22. The van der Waals surface area contributed by atoms with E-state index in [1.165, 1.54) is 103 Å². The molecule has 0 bridgehead atoms. The monoisotopic (exact) mass is 610 g/mol. The van der Waals surface area contributed by atoms with Gasteiger partial charge in [0.25, 0.3) is 0 Å². The van der Waals surface area contributed by atoms with Crippen LogP contribution in [-0.2, 0) is 19.1 Å². The van der Waals surface area contributed by atoms with E-state index in [4.69, 9.17) is 9.47 Å². The van der Waals surface area contributed by atoms with Crippen LogP contribution in [0.3, 0.4) is 0 Å². The molecule has 0 aliphatic carbocycles. The van der Waals surface area contributed by atoms with Gasteiger partial charge in [-0.15, -0.1) is 0 Å². The number of carbonyl (C=O) groups excluding carboxylic acids is 2. The Hall–Kier alpha value is -1.10. The van der Waals surface area contributed by atoms with E-state index in [-0.39, 0.29) is 24.1 Å². The van der Waals surface area contributed by atoms with Crippen LogP contribution in [-0.4, -0.2) is 49.7 Å². The van der Waals surface area contributed by atoms with E-state index in [1.54, 1.807) is 0 Å². The number of hydrogen-bond acceptors (Lipinski definition) is 5. The third-order valence-electron chi connectivity index (χ3n) is 8.66. The number of unbranched alkanes of at least 4 members (excludes halogenated alkanes) is 18. The zero-order valence-corrected chi connectivity index (χ0v) is 29.7. The van der Waals surface area contributed by atoms with Crippen LogP contribution in [0.2, 0.25) is 0 Å². The Balaban J connectivity index is 4.31. The van der Waals surface area contributed by atoms with Gasteiger partial charge >= 0.3 is 11.9 Å². The topological polar surface area (TPSA) is 55.8 Å². The lowest BCUT2D eigenvalue weighted by Gasteiger charge is -2.19. The predicted molar refractivity (Wildman–Crippen MR) is 185 cm³/mol. The molecule has 256 valence electrons. The zero-order valence-electron chi connectivity index (χ0n) is 29.7. The van der Waals surface area contributed by atoms with Gasteiger partial charge in [-0.3, -0.25) is 9.59 Å². The Morgan fingerprint density at radius 1 is 0.442 bits per heavy atom. The summed E-state index contributed by atoms with van der Waals surface area (Å²) in [5.74, 6) is -0.0493. The predicted octanol–water partition coefficient (Wildman–Crippen LogP) is 11.4. The quantitative estimate of drug-likeness (QED) is 0.0547. The molecule has 1 unspecified atom stereocenters. The molecule has 0 heterocycles. The Bertz CT molecular complexity index is 593. The highest BCUT2D eigenvalue weighted by Crippen LogP contribution is 2.20. The molecule has 0 aromatic carbocycles. The Morgan fingerprint density at radius 2 is 0.744 bits per heavy atom. The second-order valence-corrected chi connectivity index (χ2v) is 13.4. The van der Waals surface area contributed by atoms with Crippen molar-refractivity contribution in [2.75, 3.05) is 20.6 Å². The molecule has 0 amide bonds. The van der Waals surface area contributed by atoms with Crippen LogP contribution >= 0.6 is 0 Å². The fourth-order valence-electron chi connectivity index (χ4n) is 5.78. The summed E-state index contributed by atoms with van der Waals surface area (Å²) in [6, 6.07) is 0. The maximum Gasteiger partial charge on any atom is 0.307 e. The molecule has 0 saturated carbocycles. The highest BCUT2D eigenvalue weighted by atomic mass is 16.5. The normalized spacial score (nSPS) is 12.3. The van der Waals surface area contributed by atoms with Crippen molar-refractivity contribution in [3.05, 3.63) is 0 Å². The standard InChI is InChI=1S/C38H75NO4/c1-6-9-12-15-19-24-29-35(30-25-20-16-13-10-7-2)42-37(40)32-27-22-17-21-26-31-36(28-23-18-14-11-8-3)43-38(41)33-34-39(4)5/h35-36H,6-34H2,1-5H3. The molecular weight excluding hydrogens is 534 g/mol. The van der Waals surface area contributed by atoms with E-state index < -0.39 is 0 Å². The number of carbonyl (C=O) groups is 2. The molecule has 1 atom stereocenters. The van der Waals surface area contributed by atoms with Gasteiger partial charge < -0.3 is 14.4 Å². The summed E-state index contributed by atoms with van der Waals surface area (Å²) in [5, 5.41) is 0. The summed E-state index contributed by atoms with van der Waals surface area (Å²) in [6.07, 6.45) is 32.1. The van der Waals surface area contributed by atoms with Crippen molar-refractivity contribution < 1.29 is 19.1 Å². The highest BCUT2D eigenvalue weighted by molar-refractivity contribution is 5.70. The minimum absolute atomic E-state index is 0.00902. The molecule has 0 aliphatic heterocycles. The van der Waals surface area contributed by atoms with Gasteiger partial charge in [0.1, 0.15) is 12.2 Å². The molecule has 0 aromatic heterocycles. The lowest BCUT2D eigenvalue weighted by molar-refractivity contribution is -0.151. The van der Waals surface area contributed by atoms with Crippen LogP contribution in [0.25, 0.3) is 0 Å². The maximum absolute atomic E-state index is 12.7. The van der Waals surface area contributed by atoms with E-state index >= 15 is 0 Å². The molecular formula is C38H75NO4. The average molecular weight is 610 g/mol. The van der Waals surface area contributed by atoms with Gasteiger partial charge in [0, 0.05) is 13.0 Å². The molecule has 5 nitrogen and oxygen atoms in total. The van der Waals surface area contributed by atoms with Crippen LogP contribution in [0.4, 0.5) is 0 Å². The van der Waals surface area contributed by atoms with Crippen molar-refractivity contribution in [1.29, 1.82) is 0 Å². The number of rotatable bonds is 33. The Kier molecular flexibility index (Phi) is 31.5. The van der Waals surface area contributed by atoms with Gasteiger partial charge in [-0.1, -0.05) is 130 Å². The lowest BCUT2D eigenvalue weighted by atomic mass is 10.0. The molecule has 0 radical (unpaired) electrons. The minimum Gasteiger partial charge on any atom is -0.462 e. The summed E-state index contributed by atoms with van der Waals surface area (Å²) < 4.78 is 11.9. The van der Waals surface area contributed by atoms with Crippen molar-refractivity contribution in [2.45, 2.75) is 213 Å². The Morgan fingerprint density at radius 3 is 1.09 bits per heavy atom. The van der Waals surface area contributed by atoms with Crippen molar-refractivity contribution in [3.63, 3.8) is 0 Å². The third kappa shape index (κ3) is 30.7. The second kappa shape index (κ2) is 32.3. The smallest absolute Gasteiger partial charge is 0.307 e. The SMILES string of the molecule is CCCCCCCCC(CCCCCCCC)OC(=O)CCCCCCCC(CCCCCCC)OC(=O)CCN(C)C. The third-order valence-corrected chi connectivity index (χ3v) is 8.66. The van der Waals surface area contributed by atoms with E-state index in [1.807, 2.05) is 19.0 Å². The van der Waals surface area contributed by atoms with Crippen molar-refractivity contribution in [2.24, 2.45) is 0 Å². The number of esters is 2. The first kappa shape index (κ1) is 41.9. The van der Waals surface area contributed by atoms with Gasteiger partial charge in [0.15, 0.2) is 0 Å². The molecule has 0 N–H and O–H groups in total. The van der Waals surface area contributed by atoms with Crippen LogP contribution in [0.5, 0.6) is 0 Å². The molecule has 0 aliphatic rings. The number of hydrogen-bond donors (Lipinski definition) is 0. The minimum atomic E-state index is -0.0583. The summed E-state index contributed by atoms with van der Waals surface area (Å²) in [5.41, 5.74) is 0. The second-order valence-electron chi connectivity index (χ2n) is 13.4. The van der Waals surface area contributed by atoms with Crippen LogP contribution in [0.15, 0.2) is 0 Å². The summed E-state index contributed by atoms with van der Waals surface area (Å²) in [7, 11) is 3.98. The molecule has 43 heavy (non-hydrogen) atoms. The molecule has 0 saturated heterocycles. The summed E-state index contributed by atoms with van der Waals surface area (Å²) in [6.45, 7) is 7.50. The van der Waals surface area contributed by atoms with Gasteiger partial charge in [-0.25, -0.2) is 0 Å². The van der Waals surface area contributed by atoms with Gasteiger partial charge in [0.05, 0.1) is 6.42 Å². The number of ether oxygens (including phenoxy) is 2.